The number of fused-ring (bicyclic) bond motifs is 1. The number of rotatable bonds is 3. The summed E-state index contributed by atoms with van der Waals surface area (Å²) in [6, 6.07) is 15.5. The highest BCUT2D eigenvalue weighted by Gasteiger charge is 2.10. The molecule has 0 atom stereocenters. The lowest BCUT2D eigenvalue weighted by Gasteiger charge is -2.12. The highest BCUT2D eigenvalue weighted by molar-refractivity contribution is 9.10. The molecule has 2 aromatic carbocycles. The van der Waals surface area contributed by atoms with E-state index in [1.54, 1.807) is 13.3 Å². The number of benzene rings is 2. The molecule has 0 spiro atoms. The van der Waals surface area contributed by atoms with Crippen molar-refractivity contribution < 1.29 is 4.74 Å². The van der Waals surface area contributed by atoms with E-state index >= 15 is 0 Å². The van der Waals surface area contributed by atoms with Gasteiger partial charge in [0.05, 0.1) is 23.9 Å². The fourth-order valence-electron chi connectivity index (χ4n) is 2.20. The maximum Gasteiger partial charge on any atom is 0.119 e. The third-order valence-corrected chi connectivity index (χ3v) is 3.80. The van der Waals surface area contributed by atoms with E-state index in [0.29, 0.717) is 5.56 Å². The van der Waals surface area contributed by atoms with Crippen molar-refractivity contribution in [2.45, 2.75) is 0 Å². The molecule has 0 aliphatic heterocycles. The van der Waals surface area contributed by atoms with E-state index in [2.05, 4.69) is 32.3 Å². The minimum absolute atomic E-state index is 0.501. The molecule has 1 N–H and O–H groups in total. The van der Waals surface area contributed by atoms with Crippen molar-refractivity contribution in [3.8, 4) is 11.8 Å². The number of ether oxygens (including phenoxy) is 1. The number of nitrogens with one attached hydrogen (secondary N) is 1. The van der Waals surface area contributed by atoms with Gasteiger partial charge in [-0.1, -0.05) is 15.9 Å². The van der Waals surface area contributed by atoms with Gasteiger partial charge in [-0.15, -0.1) is 0 Å². The number of hydrogen-bond acceptors (Lipinski definition) is 4. The molecule has 0 radical (unpaired) electrons. The summed E-state index contributed by atoms with van der Waals surface area (Å²) >= 11 is 3.46. The second-order valence-electron chi connectivity index (χ2n) is 4.67. The first-order valence-corrected chi connectivity index (χ1v) is 7.40. The molecule has 0 aliphatic rings. The van der Waals surface area contributed by atoms with Crippen LogP contribution in [0.5, 0.6) is 5.75 Å². The monoisotopic (exact) mass is 353 g/mol. The van der Waals surface area contributed by atoms with Gasteiger partial charge in [-0.25, -0.2) is 0 Å². The molecule has 0 unspecified atom stereocenters. The van der Waals surface area contributed by atoms with Crippen LogP contribution in [0.4, 0.5) is 11.4 Å². The van der Waals surface area contributed by atoms with Crippen LogP contribution in [0, 0.1) is 11.3 Å². The van der Waals surface area contributed by atoms with Crippen molar-refractivity contribution in [3.63, 3.8) is 0 Å². The Morgan fingerprint density at radius 1 is 1.18 bits per heavy atom. The van der Waals surface area contributed by atoms with Crippen LogP contribution in [0.25, 0.3) is 10.9 Å². The number of pyridine rings is 1. The van der Waals surface area contributed by atoms with E-state index in [-0.39, 0.29) is 0 Å². The highest BCUT2D eigenvalue weighted by Crippen LogP contribution is 2.31. The quantitative estimate of drug-likeness (QED) is 0.746. The van der Waals surface area contributed by atoms with E-state index < -0.39 is 0 Å². The van der Waals surface area contributed by atoms with Crippen LogP contribution in [-0.4, -0.2) is 12.1 Å². The maximum atomic E-state index is 9.35. The van der Waals surface area contributed by atoms with Gasteiger partial charge in [-0.05, 0) is 42.5 Å². The van der Waals surface area contributed by atoms with Gasteiger partial charge >= 0.3 is 0 Å². The molecular formula is C17H12BrN3O. The first-order chi connectivity index (χ1) is 10.7. The zero-order valence-corrected chi connectivity index (χ0v) is 13.4. The number of nitrogens with zero attached hydrogens (tertiary/aromatic N) is 2. The first-order valence-electron chi connectivity index (χ1n) is 6.60. The van der Waals surface area contributed by atoms with Crippen molar-refractivity contribution >= 4 is 38.2 Å². The minimum atomic E-state index is 0.501. The number of aromatic nitrogens is 1. The van der Waals surface area contributed by atoms with Crippen LogP contribution in [-0.2, 0) is 0 Å². The summed E-state index contributed by atoms with van der Waals surface area (Å²) in [5.74, 6) is 0.786. The number of hydrogen-bond donors (Lipinski definition) is 1. The Hall–Kier alpha value is -2.58. The third-order valence-electron chi connectivity index (χ3n) is 3.31. The van der Waals surface area contributed by atoms with Crippen molar-refractivity contribution in [2.24, 2.45) is 0 Å². The smallest absolute Gasteiger partial charge is 0.119 e. The molecule has 108 valence electrons. The van der Waals surface area contributed by atoms with Gasteiger partial charge in [0.2, 0.25) is 0 Å². The largest absolute Gasteiger partial charge is 0.497 e. The summed E-state index contributed by atoms with van der Waals surface area (Å²) in [5, 5.41) is 13.5. The van der Waals surface area contributed by atoms with E-state index in [4.69, 9.17) is 4.74 Å². The summed E-state index contributed by atoms with van der Waals surface area (Å²) in [7, 11) is 1.63. The number of nitriles is 1. The van der Waals surface area contributed by atoms with Gasteiger partial charge in [0.25, 0.3) is 0 Å². The standard InChI is InChI=1S/C17H12BrN3O/c1-22-14-5-3-13(4-6-14)21-17-11(9-19)10-20-16-7-2-12(18)8-15(16)17/h2-8,10H,1H3,(H,20,21). The van der Waals surface area contributed by atoms with Crippen molar-refractivity contribution in [1.29, 1.82) is 5.26 Å². The summed E-state index contributed by atoms with van der Waals surface area (Å²) in [5.41, 5.74) is 2.96. The lowest BCUT2D eigenvalue weighted by molar-refractivity contribution is 0.415. The average molecular weight is 354 g/mol. The van der Waals surface area contributed by atoms with Gasteiger partial charge < -0.3 is 10.1 Å². The number of halogens is 1. The SMILES string of the molecule is COc1ccc(Nc2c(C#N)cnc3ccc(Br)cc23)cc1. The van der Waals surface area contributed by atoms with Gasteiger partial charge in [-0.2, -0.15) is 5.26 Å². The van der Waals surface area contributed by atoms with Crippen molar-refractivity contribution in [3.05, 3.63) is 58.7 Å². The molecule has 22 heavy (non-hydrogen) atoms. The topological polar surface area (TPSA) is 57.9 Å². The van der Waals surface area contributed by atoms with Gasteiger partial charge in [0.15, 0.2) is 0 Å². The Morgan fingerprint density at radius 2 is 1.95 bits per heavy atom. The second-order valence-corrected chi connectivity index (χ2v) is 5.59. The highest BCUT2D eigenvalue weighted by atomic mass is 79.9. The zero-order chi connectivity index (χ0) is 15.5. The van der Waals surface area contributed by atoms with Gasteiger partial charge in [0.1, 0.15) is 11.8 Å². The lowest BCUT2D eigenvalue weighted by atomic mass is 10.1. The molecule has 3 rings (SSSR count). The molecule has 4 nitrogen and oxygen atoms in total. The van der Waals surface area contributed by atoms with Gasteiger partial charge in [0, 0.05) is 21.7 Å². The predicted molar refractivity (Wildman–Crippen MR) is 90.4 cm³/mol. The van der Waals surface area contributed by atoms with Crippen LogP contribution >= 0.6 is 15.9 Å². The second kappa shape index (κ2) is 6.04. The lowest BCUT2D eigenvalue weighted by Crippen LogP contribution is -1.97. The van der Waals surface area contributed by atoms with Crippen LogP contribution < -0.4 is 10.1 Å². The molecule has 1 aromatic heterocycles. The molecular weight excluding hydrogens is 342 g/mol. The van der Waals surface area contributed by atoms with E-state index in [9.17, 15) is 5.26 Å². The molecule has 3 aromatic rings. The van der Waals surface area contributed by atoms with E-state index in [1.807, 2.05) is 42.5 Å². The molecule has 5 heteroatoms. The molecule has 0 bridgehead atoms. The molecule has 0 saturated heterocycles. The Balaban J connectivity index is 2.11. The number of anilines is 2. The van der Waals surface area contributed by atoms with Crippen molar-refractivity contribution in [2.75, 3.05) is 12.4 Å². The normalized spacial score (nSPS) is 10.2. The van der Waals surface area contributed by atoms with Crippen LogP contribution in [0.3, 0.4) is 0 Å². The molecule has 0 amide bonds. The van der Waals surface area contributed by atoms with Crippen LogP contribution in [0.1, 0.15) is 5.56 Å². The molecule has 0 aliphatic carbocycles. The zero-order valence-electron chi connectivity index (χ0n) is 11.8. The molecule has 0 fully saturated rings. The fraction of sp³-hybridized carbons (Fsp3) is 0.0588. The average Bonchev–Trinajstić information content (AvgIpc) is 2.56. The maximum absolute atomic E-state index is 9.35. The van der Waals surface area contributed by atoms with Gasteiger partial charge in [-0.3, -0.25) is 4.98 Å². The molecule has 0 saturated carbocycles. The Labute approximate surface area is 136 Å². The van der Waals surface area contributed by atoms with Crippen molar-refractivity contribution in [1.82, 2.24) is 4.98 Å². The molecule has 1 heterocycles. The summed E-state index contributed by atoms with van der Waals surface area (Å²) in [6.45, 7) is 0. The van der Waals surface area contributed by atoms with E-state index in [1.165, 1.54) is 0 Å². The van der Waals surface area contributed by atoms with Crippen LogP contribution in [0.2, 0.25) is 0 Å². The Bertz CT molecular complexity index is 869. The fourth-order valence-corrected chi connectivity index (χ4v) is 2.56. The first kappa shape index (κ1) is 14.4. The van der Waals surface area contributed by atoms with E-state index in [0.717, 1.165) is 32.5 Å². The Kier molecular flexibility index (Phi) is 3.94. The minimum Gasteiger partial charge on any atom is -0.497 e. The summed E-state index contributed by atoms with van der Waals surface area (Å²) < 4.78 is 6.09. The summed E-state index contributed by atoms with van der Waals surface area (Å²) in [6.07, 6.45) is 1.59. The summed E-state index contributed by atoms with van der Waals surface area (Å²) in [4.78, 5) is 4.32. The predicted octanol–water partition coefficient (Wildman–Crippen LogP) is 4.62. The number of methoxy groups -OCH3 is 1. The van der Waals surface area contributed by atoms with Crippen LogP contribution in [0.15, 0.2) is 53.1 Å². The third kappa shape index (κ3) is 2.74. The Morgan fingerprint density at radius 3 is 2.64 bits per heavy atom.